The van der Waals surface area contributed by atoms with Gasteiger partial charge < -0.3 is 0 Å². The SMILES string of the molecule is CCN1CCc2nc(NC(=O)c3cc(F)ccc3C)sc2C1. The standard InChI is InChI=1S/C16H18FN3OS/c1-3-20-7-6-13-14(9-20)22-16(18-13)19-15(21)12-8-11(17)5-4-10(12)2/h4-5,8H,3,6-7,9H2,1-2H3,(H,18,19,21). The van der Waals surface area contributed by atoms with Gasteiger partial charge in [0.05, 0.1) is 5.69 Å². The van der Waals surface area contributed by atoms with Gasteiger partial charge in [-0.2, -0.15) is 0 Å². The maximum absolute atomic E-state index is 13.3. The number of aromatic nitrogens is 1. The van der Waals surface area contributed by atoms with Gasteiger partial charge in [0.25, 0.3) is 5.91 Å². The Kier molecular flexibility index (Phi) is 4.22. The van der Waals surface area contributed by atoms with Crippen LogP contribution in [0.15, 0.2) is 18.2 Å². The van der Waals surface area contributed by atoms with Gasteiger partial charge in [-0.05, 0) is 31.2 Å². The van der Waals surface area contributed by atoms with Crippen LogP contribution < -0.4 is 5.32 Å². The van der Waals surface area contributed by atoms with E-state index in [1.807, 2.05) is 0 Å². The second kappa shape index (κ2) is 6.14. The smallest absolute Gasteiger partial charge is 0.257 e. The Morgan fingerprint density at radius 1 is 1.50 bits per heavy atom. The van der Waals surface area contributed by atoms with Gasteiger partial charge in [-0.15, -0.1) is 11.3 Å². The molecule has 0 spiro atoms. The van der Waals surface area contributed by atoms with E-state index in [0.717, 1.165) is 37.3 Å². The molecule has 116 valence electrons. The van der Waals surface area contributed by atoms with Gasteiger partial charge in [0.1, 0.15) is 5.82 Å². The summed E-state index contributed by atoms with van der Waals surface area (Å²) in [6.07, 6.45) is 0.911. The molecule has 3 rings (SSSR count). The Bertz CT molecular complexity index is 713. The number of nitrogens with zero attached hydrogens (tertiary/aromatic N) is 2. The van der Waals surface area contributed by atoms with Crippen molar-refractivity contribution in [2.45, 2.75) is 26.8 Å². The Hall–Kier alpha value is -1.79. The summed E-state index contributed by atoms with van der Waals surface area (Å²) < 4.78 is 13.3. The molecule has 2 aromatic rings. The van der Waals surface area contributed by atoms with Crippen molar-refractivity contribution >= 4 is 22.4 Å². The molecule has 0 fully saturated rings. The average molecular weight is 319 g/mol. The summed E-state index contributed by atoms with van der Waals surface area (Å²) in [5.41, 5.74) is 2.17. The number of aryl methyl sites for hydroxylation is 1. The van der Waals surface area contributed by atoms with Crippen molar-refractivity contribution in [1.82, 2.24) is 9.88 Å². The van der Waals surface area contributed by atoms with Gasteiger partial charge in [0.15, 0.2) is 5.13 Å². The summed E-state index contributed by atoms with van der Waals surface area (Å²) in [6, 6.07) is 4.22. The van der Waals surface area contributed by atoms with E-state index in [9.17, 15) is 9.18 Å². The first kappa shape index (κ1) is 15.1. The first-order valence-electron chi connectivity index (χ1n) is 7.35. The van der Waals surface area contributed by atoms with Crippen LogP contribution in [0.5, 0.6) is 0 Å². The molecule has 0 saturated heterocycles. The van der Waals surface area contributed by atoms with Crippen LogP contribution in [-0.4, -0.2) is 28.9 Å². The minimum Gasteiger partial charge on any atom is -0.298 e. The van der Waals surface area contributed by atoms with Gasteiger partial charge in [0.2, 0.25) is 0 Å². The second-order valence-corrected chi connectivity index (χ2v) is 6.50. The van der Waals surface area contributed by atoms with Crippen molar-refractivity contribution in [2.24, 2.45) is 0 Å². The van der Waals surface area contributed by atoms with Crippen molar-refractivity contribution in [3.8, 4) is 0 Å². The first-order chi connectivity index (χ1) is 10.6. The Morgan fingerprint density at radius 3 is 3.09 bits per heavy atom. The molecule has 0 saturated carbocycles. The molecule has 0 bridgehead atoms. The molecule has 2 heterocycles. The van der Waals surface area contributed by atoms with Crippen LogP contribution >= 0.6 is 11.3 Å². The molecule has 1 aromatic heterocycles. The third-order valence-electron chi connectivity index (χ3n) is 3.92. The molecule has 1 aliphatic rings. The highest BCUT2D eigenvalue weighted by atomic mass is 32.1. The van der Waals surface area contributed by atoms with E-state index >= 15 is 0 Å². The largest absolute Gasteiger partial charge is 0.298 e. The molecule has 1 N–H and O–H groups in total. The van der Waals surface area contributed by atoms with E-state index in [-0.39, 0.29) is 5.91 Å². The van der Waals surface area contributed by atoms with Crippen molar-refractivity contribution in [1.29, 1.82) is 0 Å². The zero-order valence-corrected chi connectivity index (χ0v) is 13.5. The molecule has 6 heteroatoms. The van der Waals surface area contributed by atoms with E-state index in [1.165, 1.54) is 28.3 Å². The monoisotopic (exact) mass is 319 g/mol. The highest BCUT2D eigenvalue weighted by Crippen LogP contribution is 2.28. The zero-order valence-electron chi connectivity index (χ0n) is 12.6. The normalized spacial score (nSPS) is 14.7. The lowest BCUT2D eigenvalue weighted by atomic mass is 10.1. The molecule has 0 aliphatic carbocycles. The lowest BCUT2D eigenvalue weighted by Gasteiger charge is -2.23. The summed E-state index contributed by atoms with van der Waals surface area (Å²) in [5.74, 6) is -0.719. The maximum Gasteiger partial charge on any atom is 0.257 e. The summed E-state index contributed by atoms with van der Waals surface area (Å²) in [5, 5.41) is 3.39. The molecule has 4 nitrogen and oxygen atoms in total. The third kappa shape index (κ3) is 3.03. The lowest BCUT2D eigenvalue weighted by Crippen LogP contribution is -2.29. The number of rotatable bonds is 3. The number of anilines is 1. The van der Waals surface area contributed by atoms with Crippen molar-refractivity contribution in [2.75, 3.05) is 18.4 Å². The quantitative estimate of drug-likeness (QED) is 0.945. The molecule has 22 heavy (non-hydrogen) atoms. The Labute approximate surface area is 133 Å². The minimum atomic E-state index is -0.409. The molecule has 1 aromatic carbocycles. The van der Waals surface area contributed by atoms with Gasteiger partial charge in [-0.25, -0.2) is 9.37 Å². The van der Waals surface area contributed by atoms with Crippen LogP contribution in [0.4, 0.5) is 9.52 Å². The van der Waals surface area contributed by atoms with Gasteiger partial charge in [-0.1, -0.05) is 13.0 Å². The molecule has 1 aliphatic heterocycles. The number of fused-ring (bicyclic) bond motifs is 1. The summed E-state index contributed by atoms with van der Waals surface area (Å²) in [6.45, 7) is 6.84. The minimum absolute atomic E-state index is 0.310. The Morgan fingerprint density at radius 2 is 2.32 bits per heavy atom. The van der Waals surface area contributed by atoms with E-state index in [0.29, 0.717) is 10.7 Å². The molecule has 0 radical (unpaired) electrons. The molecular formula is C16H18FN3OS. The number of hydrogen-bond acceptors (Lipinski definition) is 4. The number of carbonyl (C=O) groups excluding carboxylic acids is 1. The Balaban J connectivity index is 1.78. The molecule has 1 amide bonds. The first-order valence-corrected chi connectivity index (χ1v) is 8.17. The van der Waals surface area contributed by atoms with Crippen molar-refractivity contribution in [3.63, 3.8) is 0 Å². The predicted octanol–water partition coefficient (Wildman–Crippen LogP) is 3.22. The van der Waals surface area contributed by atoms with E-state index in [2.05, 4.69) is 22.1 Å². The molecule has 0 unspecified atom stereocenters. The fraction of sp³-hybridized carbons (Fsp3) is 0.375. The molecule has 0 atom stereocenters. The fourth-order valence-corrected chi connectivity index (χ4v) is 3.62. The number of benzene rings is 1. The van der Waals surface area contributed by atoms with Gasteiger partial charge in [0, 0.05) is 30.0 Å². The van der Waals surface area contributed by atoms with Crippen LogP contribution in [0.1, 0.15) is 33.4 Å². The molecular weight excluding hydrogens is 301 g/mol. The number of hydrogen-bond donors (Lipinski definition) is 1. The number of thiazole rings is 1. The number of amides is 1. The van der Waals surface area contributed by atoms with Crippen LogP contribution in [0.2, 0.25) is 0 Å². The van der Waals surface area contributed by atoms with Crippen LogP contribution in [0.3, 0.4) is 0 Å². The number of nitrogens with one attached hydrogen (secondary N) is 1. The summed E-state index contributed by atoms with van der Waals surface area (Å²) in [7, 11) is 0. The number of likely N-dealkylation sites (N-methyl/N-ethyl adjacent to an activating group) is 1. The lowest BCUT2D eigenvalue weighted by molar-refractivity contribution is 0.102. The van der Waals surface area contributed by atoms with Crippen molar-refractivity contribution in [3.05, 3.63) is 45.7 Å². The van der Waals surface area contributed by atoms with Crippen LogP contribution in [0, 0.1) is 12.7 Å². The highest BCUT2D eigenvalue weighted by molar-refractivity contribution is 7.15. The average Bonchev–Trinajstić information content (AvgIpc) is 2.90. The second-order valence-electron chi connectivity index (χ2n) is 5.42. The fourth-order valence-electron chi connectivity index (χ4n) is 2.58. The van der Waals surface area contributed by atoms with Crippen LogP contribution in [-0.2, 0) is 13.0 Å². The highest BCUT2D eigenvalue weighted by Gasteiger charge is 2.21. The number of carbonyl (C=O) groups is 1. The van der Waals surface area contributed by atoms with Gasteiger partial charge >= 0.3 is 0 Å². The zero-order chi connectivity index (χ0) is 15.7. The van der Waals surface area contributed by atoms with E-state index in [1.54, 1.807) is 13.0 Å². The number of halogens is 1. The van der Waals surface area contributed by atoms with E-state index in [4.69, 9.17) is 0 Å². The van der Waals surface area contributed by atoms with E-state index < -0.39 is 5.82 Å². The third-order valence-corrected chi connectivity index (χ3v) is 4.92. The predicted molar refractivity (Wildman–Crippen MR) is 85.9 cm³/mol. The van der Waals surface area contributed by atoms with Gasteiger partial charge in [-0.3, -0.25) is 15.0 Å². The summed E-state index contributed by atoms with van der Waals surface area (Å²) in [4.78, 5) is 20.4. The topological polar surface area (TPSA) is 45.2 Å². The summed E-state index contributed by atoms with van der Waals surface area (Å²) >= 11 is 1.51. The maximum atomic E-state index is 13.3. The van der Waals surface area contributed by atoms with Crippen LogP contribution in [0.25, 0.3) is 0 Å². The van der Waals surface area contributed by atoms with Crippen molar-refractivity contribution < 1.29 is 9.18 Å².